The molecular weight excluding hydrogens is 156 g/mol. The van der Waals surface area contributed by atoms with Crippen molar-refractivity contribution in [1.29, 1.82) is 0 Å². The molecule has 13 heavy (non-hydrogen) atoms. The van der Waals surface area contributed by atoms with Crippen molar-refractivity contribution in [2.45, 2.75) is 40.0 Å². The average Bonchev–Trinajstić information content (AvgIpc) is 2.32. The van der Waals surface area contributed by atoms with Crippen molar-refractivity contribution in [3.8, 4) is 0 Å². The molecule has 2 rings (SSSR count). The molecule has 0 heteroatoms. The molecule has 1 fully saturated rings. The lowest BCUT2D eigenvalue weighted by Gasteiger charge is -2.37. The molecule has 1 saturated carbocycles. The first-order valence-corrected chi connectivity index (χ1v) is 5.43. The van der Waals surface area contributed by atoms with Crippen molar-refractivity contribution in [3.63, 3.8) is 0 Å². The van der Waals surface area contributed by atoms with Crippen LogP contribution in [0.4, 0.5) is 0 Å². The fourth-order valence-electron chi connectivity index (χ4n) is 2.98. The minimum atomic E-state index is 0.441. The molecule has 0 nitrogen and oxygen atoms in total. The Morgan fingerprint density at radius 1 is 1.46 bits per heavy atom. The van der Waals surface area contributed by atoms with Crippen LogP contribution in [0.2, 0.25) is 0 Å². The molecule has 0 bridgehead atoms. The maximum absolute atomic E-state index is 4.15. The van der Waals surface area contributed by atoms with E-state index in [2.05, 4.69) is 33.4 Å². The standard InChI is InChI=1S/C13H20/c1-9-8-12-11(10(9)2)6-5-7-13(12,3)4/h8,10-11H,1,5-7H2,2-4H3/t10-,11-/m0/s1. The van der Waals surface area contributed by atoms with Gasteiger partial charge in [-0.05, 0) is 30.1 Å². The molecule has 2 aliphatic carbocycles. The van der Waals surface area contributed by atoms with Crippen LogP contribution in [0.1, 0.15) is 40.0 Å². The molecule has 0 saturated heterocycles. The summed E-state index contributed by atoms with van der Waals surface area (Å²) in [6, 6.07) is 0. The zero-order valence-corrected chi connectivity index (χ0v) is 9.06. The second-order valence-corrected chi connectivity index (χ2v) is 5.35. The zero-order chi connectivity index (χ0) is 9.64. The van der Waals surface area contributed by atoms with Gasteiger partial charge in [0, 0.05) is 0 Å². The highest BCUT2D eigenvalue weighted by Crippen LogP contribution is 2.51. The Bertz CT molecular complexity index is 268. The number of allylic oxidation sites excluding steroid dienone is 3. The maximum atomic E-state index is 4.15. The van der Waals surface area contributed by atoms with Crippen LogP contribution in [-0.2, 0) is 0 Å². The molecule has 72 valence electrons. The molecule has 0 N–H and O–H groups in total. The van der Waals surface area contributed by atoms with E-state index in [0.29, 0.717) is 11.3 Å². The Morgan fingerprint density at radius 2 is 2.15 bits per heavy atom. The molecule has 0 aliphatic heterocycles. The summed E-state index contributed by atoms with van der Waals surface area (Å²) in [5, 5.41) is 0. The summed E-state index contributed by atoms with van der Waals surface area (Å²) in [7, 11) is 0. The molecule has 2 atom stereocenters. The lowest BCUT2D eigenvalue weighted by molar-refractivity contribution is 0.261. The van der Waals surface area contributed by atoms with Gasteiger partial charge >= 0.3 is 0 Å². The van der Waals surface area contributed by atoms with Crippen LogP contribution in [-0.4, -0.2) is 0 Å². The van der Waals surface area contributed by atoms with E-state index in [1.165, 1.54) is 24.8 Å². The molecule has 0 aromatic heterocycles. The molecule has 0 spiro atoms. The third kappa shape index (κ3) is 1.27. The van der Waals surface area contributed by atoms with E-state index in [4.69, 9.17) is 0 Å². The Morgan fingerprint density at radius 3 is 2.77 bits per heavy atom. The van der Waals surface area contributed by atoms with E-state index in [0.717, 1.165) is 5.92 Å². The number of hydrogen-bond donors (Lipinski definition) is 0. The maximum Gasteiger partial charge on any atom is -0.0129 e. The lowest BCUT2D eigenvalue weighted by Crippen LogP contribution is -2.26. The van der Waals surface area contributed by atoms with Crippen molar-refractivity contribution < 1.29 is 0 Å². The van der Waals surface area contributed by atoms with Crippen molar-refractivity contribution in [1.82, 2.24) is 0 Å². The minimum absolute atomic E-state index is 0.441. The monoisotopic (exact) mass is 176 g/mol. The number of fused-ring (bicyclic) bond motifs is 1. The molecule has 2 aliphatic rings. The summed E-state index contributed by atoms with van der Waals surface area (Å²) in [5.41, 5.74) is 3.47. The van der Waals surface area contributed by atoms with Crippen LogP contribution in [0, 0.1) is 17.3 Å². The molecular formula is C13H20. The number of rotatable bonds is 0. The Balaban J connectivity index is 2.35. The third-order valence-corrected chi connectivity index (χ3v) is 4.03. The summed E-state index contributed by atoms with van der Waals surface area (Å²) < 4.78 is 0. The first-order valence-electron chi connectivity index (χ1n) is 5.43. The van der Waals surface area contributed by atoms with Crippen molar-refractivity contribution >= 4 is 0 Å². The van der Waals surface area contributed by atoms with E-state index in [1.807, 2.05) is 0 Å². The largest absolute Gasteiger partial charge is 0.0955 e. The van der Waals surface area contributed by atoms with Gasteiger partial charge in [-0.25, -0.2) is 0 Å². The first kappa shape index (κ1) is 9.05. The van der Waals surface area contributed by atoms with Gasteiger partial charge in [-0.1, -0.05) is 51.0 Å². The van der Waals surface area contributed by atoms with Gasteiger partial charge in [0.15, 0.2) is 0 Å². The Labute approximate surface area is 81.7 Å². The fraction of sp³-hybridized carbons (Fsp3) is 0.692. The Hall–Kier alpha value is -0.520. The smallest absolute Gasteiger partial charge is 0.0129 e. The molecule has 0 amide bonds. The summed E-state index contributed by atoms with van der Waals surface area (Å²) in [6.07, 6.45) is 6.51. The predicted molar refractivity (Wildman–Crippen MR) is 57.5 cm³/mol. The van der Waals surface area contributed by atoms with E-state index in [-0.39, 0.29) is 0 Å². The summed E-state index contributed by atoms with van der Waals surface area (Å²) in [5.74, 6) is 1.52. The third-order valence-electron chi connectivity index (χ3n) is 4.03. The van der Waals surface area contributed by atoms with Gasteiger partial charge in [0.2, 0.25) is 0 Å². The quantitative estimate of drug-likeness (QED) is 0.524. The summed E-state index contributed by atoms with van der Waals surface area (Å²) >= 11 is 0. The van der Waals surface area contributed by atoms with Crippen molar-refractivity contribution in [2.75, 3.05) is 0 Å². The van der Waals surface area contributed by atoms with Crippen molar-refractivity contribution in [3.05, 3.63) is 23.8 Å². The fourth-order valence-corrected chi connectivity index (χ4v) is 2.98. The van der Waals surface area contributed by atoms with Crippen LogP contribution >= 0.6 is 0 Å². The van der Waals surface area contributed by atoms with Crippen LogP contribution in [0.5, 0.6) is 0 Å². The highest BCUT2D eigenvalue weighted by Gasteiger charge is 2.39. The highest BCUT2D eigenvalue weighted by atomic mass is 14.4. The topological polar surface area (TPSA) is 0 Å². The lowest BCUT2D eigenvalue weighted by atomic mass is 9.67. The van der Waals surface area contributed by atoms with Crippen molar-refractivity contribution in [2.24, 2.45) is 17.3 Å². The van der Waals surface area contributed by atoms with Crippen LogP contribution in [0.15, 0.2) is 23.8 Å². The van der Waals surface area contributed by atoms with Gasteiger partial charge in [0.25, 0.3) is 0 Å². The normalized spacial score (nSPS) is 37.2. The molecule has 0 aromatic carbocycles. The van der Waals surface area contributed by atoms with Gasteiger partial charge in [0.1, 0.15) is 0 Å². The van der Waals surface area contributed by atoms with Gasteiger partial charge in [-0.15, -0.1) is 0 Å². The van der Waals surface area contributed by atoms with E-state index < -0.39 is 0 Å². The minimum Gasteiger partial charge on any atom is -0.0955 e. The second-order valence-electron chi connectivity index (χ2n) is 5.35. The first-order chi connectivity index (χ1) is 6.02. The van der Waals surface area contributed by atoms with E-state index in [9.17, 15) is 0 Å². The van der Waals surface area contributed by atoms with Crippen LogP contribution in [0.3, 0.4) is 0 Å². The zero-order valence-electron chi connectivity index (χ0n) is 9.06. The highest BCUT2D eigenvalue weighted by molar-refractivity contribution is 5.37. The van der Waals surface area contributed by atoms with E-state index in [1.54, 1.807) is 5.57 Å². The molecule has 0 heterocycles. The van der Waals surface area contributed by atoms with Gasteiger partial charge in [-0.3, -0.25) is 0 Å². The average molecular weight is 176 g/mol. The van der Waals surface area contributed by atoms with E-state index >= 15 is 0 Å². The predicted octanol–water partition coefficient (Wildman–Crippen LogP) is 3.95. The summed E-state index contributed by atoms with van der Waals surface area (Å²) in [4.78, 5) is 0. The Kier molecular flexibility index (Phi) is 1.90. The van der Waals surface area contributed by atoms with Gasteiger partial charge in [-0.2, -0.15) is 0 Å². The van der Waals surface area contributed by atoms with Gasteiger partial charge < -0.3 is 0 Å². The molecule has 0 unspecified atom stereocenters. The summed E-state index contributed by atoms with van der Waals surface area (Å²) in [6.45, 7) is 11.3. The number of hydrogen-bond acceptors (Lipinski definition) is 0. The van der Waals surface area contributed by atoms with Crippen LogP contribution in [0.25, 0.3) is 0 Å². The molecule has 0 radical (unpaired) electrons. The molecule has 0 aromatic rings. The van der Waals surface area contributed by atoms with Crippen LogP contribution < -0.4 is 0 Å². The van der Waals surface area contributed by atoms with Gasteiger partial charge in [0.05, 0.1) is 0 Å². The SMILES string of the molecule is C=C1C=C2[C@@H](CCCC2(C)C)[C@H]1C. The second kappa shape index (κ2) is 2.73.